The number of benzene rings is 1. The van der Waals surface area contributed by atoms with Crippen molar-refractivity contribution in [2.24, 2.45) is 11.3 Å². The second-order valence-electron chi connectivity index (χ2n) is 5.27. The van der Waals surface area contributed by atoms with Crippen molar-refractivity contribution in [1.82, 2.24) is 5.43 Å². The molecule has 0 aliphatic heterocycles. The fourth-order valence-electron chi connectivity index (χ4n) is 1.95. The highest BCUT2D eigenvalue weighted by Gasteiger charge is 2.28. The number of nitrogens with two attached hydrogens (primary N) is 1. The lowest BCUT2D eigenvalue weighted by molar-refractivity contribution is 0.243. The van der Waals surface area contributed by atoms with Crippen molar-refractivity contribution in [3.63, 3.8) is 0 Å². The zero-order chi connectivity index (χ0) is 12.6. The quantitative estimate of drug-likeness (QED) is 0.655. The van der Waals surface area contributed by atoms with Gasteiger partial charge in [-0.1, -0.05) is 32.9 Å². The Hall–Kier alpha value is -0.840. The van der Waals surface area contributed by atoms with Crippen LogP contribution < -0.4 is 11.3 Å². The van der Waals surface area contributed by atoms with E-state index in [1.54, 1.807) is 0 Å². The molecule has 3 nitrogen and oxygen atoms in total. The largest absolute Gasteiger partial charge is 0.458 e. The fourth-order valence-corrected chi connectivity index (χ4v) is 2.41. The van der Waals surface area contributed by atoms with Crippen LogP contribution in [-0.4, -0.2) is 0 Å². The van der Waals surface area contributed by atoms with Crippen molar-refractivity contribution in [1.29, 1.82) is 0 Å². The minimum absolute atomic E-state index is 0.00486. The third-order valence-corrected chi connectivity index (χ3v) is 3.46. The van der Waals surface area contributed by atoms with Gasteiger partial charge in [0.1, 0.15) is 11.3 Å². The Labute approximate surface area is 109 Å². The number of hydrazine groups is 1. The lowest BCUT2D eigenvalue weighted by Gasteiger charge is -2.27. The fraction of sp³-hybridized carbons (Fsp3) is 0.385. The molecule has 3 N–H and O–H groups in total. The summed E-state index contributed by atoms with van der Waals surface area (Å²) in [5.41, 5.74) is 3.69. The third-order valence-electron chi connectivity index (χ3n) is 2.83. The third kappa shape index (κ3) is 2.39. The second kappa shape index (κ2) is 4.44. The van der Waals surface area contributed by atoms with E-state index in [4.69, 9.17) is 10.3 Å². The van der Waals surface area contributed by atoms with Crippen LogP contribution in [-0.2, 0) is 0 Å². The topological polar surface area (TPSA) is 51.2 Å². The molecule has 2 rings (SSSR count). The van der Waals surface area contributed by atoms with E-state index in [1.807, 2.05) is 24.3 Å². The van der Waals surface area contributed by atoms with Gasteiger partial charge in [0.2, 0.25) is 0 Å². The molecule has 1 aromatic carbocycles. The van der Waals surface area contributed by atoms with Crippen LogP contribution in [0.1, 0.15) is 32.6 Å². The maximum Gasteiger partial charge on any atom is 0.148 e. The first kappa shape index (κ1) is 12.6. The summed E-state index contributed by atoms with van der Waals surface area (Å²) in [4.78, 5) is 0. The monoisotopic (exact) mass is 296 g/mol. The van der Waals surface area contributed by atoms with Gasteiger partial charge in [-0.15, -0.1) is 0 Å². The second-order valence-corrected chi connectivity index (χ2v) is 6.13. The van der Waals surface area contributed by atoms with Gasteiger partial charge >= 0.3 is 0 Å². The van der Waals surface area contributed by atoms with E-state index in [0.29, 0.717) is 0 Å². The van der Waals surface area contributed by atoms with Crippen LogP contribution in [0.5, 0.6) is 0 Å². The van der Waals surface area contributed by atoms with Gasteiger partial charge in [0.25, 0.3) is 0 Å². The van der Waals surface area contributed by atoms with Crippen molar-refractivity contribution in [2.45, 2.75) is 26.8 Å². The van der Waals surface area contributed by atoms with Gasteiger partial charge in [0.15, 0.2) is 0 Å². The molecular formula is C13H17BrN2O. The Balaban J connectivity index is 2.52. The zero-order valence-electron chi connectivity index (χ0n) is 10.3. The predicted octanol–water partition coefficient (Wildman–Crippen LogP) is 3.75. The molecule has 1 aromatic heterocycles. The Bertz CT molecular complexity index is 528. The Morgan fingerprint density at radius 1 is 1.35 bits per heavy atom. The molecule has 0 saturated heterocycles. The van der Waals surface area contributed by atoms with Gasteiger partial charge in [-0.3, -0.25) is 5.84 Å². The smallest absolute Gasteiger partial charge is 0.148 e. The molecule has 92 valence electrons. The number of para-hydroxylation sites is 1. The molecule has 1 atom stereocenters. The van der Waals surface area contributed by atoms with Crippen molar-refractivity contribution in [3.8, 4) is 0 Å². The van der Waals surface area contributed by atoms with Crippen molar-refractivity contribution in [3.05, 3.63) is 34.5 Å². The molecule has 0 amide bonds. The molecule has 0 aliphatic carbocycles. The number of furan rings is 1. The van der Waals surface area contributed by atoms with E-state index in [-0.39, 0.29) is 11.5 Å². The van der Waals surface area contributed by atoms with Gasteiger partial charge in [0.05, 0.1) is 10.5 Å². The van der Waals surface area contributed by atoms with Crippen LogP contribution in [0.25, 0.3) is 11.0 Å². The van der Waals surface area contributed by atoms with Gasteiger partial charge in [-0.2, -0.15) is 0 Å². The van der Waals surface area contributed by atoms with E-state index < -0.39 is 0 Å². The zero-order valence-corrected chi connectivity index (χ0v) is 11.8. The van der Waals surface area contributed by atoms with Gasteiger partial charge in [-0.05, 0) is 33.5 Å². The minimum Gasteiger partial charge on any atom is -0.458 e. The summed E-state index contributed by atoms with van der Waals surface area (Å²) in [7, 11) is 0. The summed E-state index contributed by atoms with van der Waals surface area (Å²) in [5, 5.41) is 1.08. The SMILES string of the molecule is CC(C)(C)C(NN)c1cc2cccc(Br)c2o1. The lowest BCUT2D eigenvalue weighted by Crippen LogP contribution is -2.36. The van der Waals surface area contributed by atoms with E-state index in [0.717, 1.165) is 21.2 Å². The van der Waals surface area contributed by atoms with E-state index in [1.165, 1.54) is 0 Å². The normalized spacial score (nSPS) is 14.2. The first-order valence-corrected chi connectivity index (χ1v) is 6.37. The van der Waals surface area contributed by atoms with Crippen molar-refractivity contribution < 1.29 is 4.42 Å². The van der Waals surface area contributed by atoms with Gasteiger partial charge in [0, 0.05) is 5.39 Å². The highest BCUT2D eigenvalue weighted by atomic mass is 79.9. The minimum atomic E-state index is -0.0122. The first-order valence-electron chi connectivity index (χ1n) is 5.57. The molecule has 0 saturated carbocycles. The van der Waals surface area contributed by atoms with Crippen LogP contribution >= 0.6 is 15.9 Å². The number of hydrogen-bond acceptors (Lipinski definition) is 3. The molecule has 0 fully saturated rings. The van der Waals surface area contributed by atoms with Crippen LogP contribution in [0.4, 0.5) is 0 Å². The van der Waals surface area contributed by atoms with Crippen molar-refractivity contribution in [2.75, 3.05) is 0 Å². The molecule has 4 heteroatoms. The highest BCUT2D eigenvalue weighted by Crippen LogP contribution is 2.36. The van der Waals surface area contributed by atoms with E-state index >= 15 is 0 Å². The van der Waals surface area contributed by atoms with Crippen molar-refractivity contribution >= 4 is 26.9 Å². The number of rotatable bonds is 2. The molecule has 0 bridgehead atoms. The van der Waals surface area contributed by atoms with Crippen LogP contribution in [0.15, 0.2) is 33.2 Å². The molecule has 0 radical (unpaired) electrons. The Morgan fingerprint density at radius 2 is 2.06 bits per heavy atom. The number of fused-ring (bicyclic) bond motifs is 1. The van der Waals surface area contributed by atoms with E-state index in [2.05, 4.69) is 42.1 Å². The molecular weight excluding hydrogens is 280 g/mol. The summed E-state index contributed by atoms with van der Waals surface area (Å²) < 4.78 is 6.85. The standard InChI is InChI=1S/C13H17BrN2O/c1-13(2,3)12(16-15)10-7-8-5-4-6-9(14)11(8)17-10/h4-7,12,16H,15H2,1-3H3. The average Bonchev–Trinajstić information content (AvgIpc) is 2.61. The summed E-state index contributed by atoms with van der Waals surface area (Å²) in [6.45, 7) is 6.37. The van der Waals surface area contributed by atoms with Gasteiger partial charge < -0.3 is 4.42 Å². The first-order chi connectivity index (χ1) is 7.93. The van der Waals surface area contributed by atoms with E-state index in [9.17, 15) is 0 Å². The maximum atomic E-state index is 5.89. The molecule has 1 heterocycles. The molecule has 1 unspecified atom stereocenters. The summed E-state index contributed by atoms with van der Waals surface area (Å²) in [6, 6.07) is 8.02. The molecule has 0 aliphatic rings. The van der Waals surface area contributed by atoms with Crippen LogP contribution in [0.3, 0.4) is 0 Å². The summed E-state index contributed by atoms with van der Waals surface area (Å²) in [5.74, 6) is 6.49. The average molecular weight is 297 g/mol. The number of nitrogens with one attached hydrogen (secondary N) is 1. The van der Waals surface area contributed by atoms with Gasteiger partial charge in [-0.25, -0.2) is 5.43 Å². The lowest BCUT2D eigenvalue weighted by atomic mass is 9.85. The Kier molecular flexibility index (Phi) is 3.30. The molecule has 0 spiro atoms. The summed E-state index contributed by atoms with van der Waals surface area (Å²) >= 11 is 3.49. The number of halogens is 1. The van der Waals surface area contributed by atoms with Crippen LogP contribution in [0, 0.1) is 5.41 Å². The predicted molar refractivity (Wildman–Crippen MR) is 73.4 cm³/mol. The number of hydrogen-bond donors (Lipinski definition) is 2. The molecule has 17 heavy (non-hydrogen) atoms. The van der Waals surface area contributed by atoms with Crippen LogP contribution in [0.2, 0.25) is 0 Å². The maximum absolute atomic E-state index is 5.89. The Morgan fingerprint density at radius 3 is 2.59 bits per heavy atom. The molecule has 2 aromatic rings. The summed E-state index contributed by atoms with van der Waals surface area (Å²) in [6.07, 6.45) is 0. The highest BCUT2D eigenvalue weighted by molar-refractivity contribution is 9.10.